The summed E-state index contributed by atoms with van der Waals surface area (Å²) in [7, 11) is 0. The largest absolute Gasteiger partial charge is 0.486 e. The third-order valence-corrected chi connectivity index (χ3v) is 4.13. The number of hydrogen-bond donors (Lipinski definition) is 1. The van der Waals surface area contributed by atoms with Crippen LogP contribution < -0.4 is 15.2 Å². The summed E-state index contributed by atoms with van der Waals surface area (Å²) in [6, 6.07) is 11.9. The Hall–Kier alpha value is -1.52. The summed E-state index contributed by atoms with van der Waals surface area (Å²) >= 11 is 3.57. The van der Waals surface area contributed by atoms with E-state index in [0.717, 1.165) is 27.1 Å². The summed E-state index contributed by atoms with van der Waals surface area (Å²) in [4.78, 5) is 0. The highest BCUT2D eigenvalue weighted by atomic mass is 79.9. The van der Waals surface area contributed by atoms with Gasteiger partial charge in [0.05, 0.1) is 6.04 Å². The zero-order chi connectivity index (χ0) is 14.1. The second-order valence-corrected chi connectivity index (χ2v) is 5.76. The smallest absolute Gasteiger partial charge is 0.161 e. The molecule has 0 amide bonds. The van der Waals surface area contributed by atoms with Crippen molar-refractivity contribution in [3.8, 4) is 11.5 Å². The predicted octanol–water partition coefficient (Wildman–Crippen LogP) is 3.58. The number of rotatable bonds is 2. The molecular formula is C16H16BrNO2. The first kappa shape index (κ1) is 13.5. The van der Waals surface area contributed by atoms with E-state index in [1.54, 1.807) is 0 Å². The molecule has 2 aromatic rings. The highest BCUT2D eigenvalue weighted by Crippen LogP contribution is 2.35. The molecule has 0 fully saturated rings. The third-order valence-electron chi connectivity index (χ3n) is 3.41. The maximum atomic E-state index is 6.39. The molecule has 2 aromatic carbocycles. The first-order valence-corrected chi connectivity index (χ1v) is 7.35. The molecule has 2 N–H and O–H groups in total. The van der Waals surface area contributed by atoms with Gasteiger partial charge in [0, 0.05) is 4.47 Å². The first-order chi connectivity index (χ1) is 9.65. The van der Waals surface area contributed by atoms with Crippen LogP contribution in [0.3, 0.4) is 0 Å². The van der Waals surface area contributed by atoms with Gasteiger partial charge in [-0.15, -0.1) is 0 Å². The Labute approximate surface area is 126 Å². The van der Waals surface area contributed by atoms with Crippen LogP contribution in [-0.2, 0) is 0 Å². The molecule has 3 nitrogen and oxygen atoms in total. The highest BCUT2D eigenvalue weighted by molar-refractivity contribution is 9.10. The number of halogens is 1. The van der Waals surface area contributed by atoms with Gasteiger partial charge in [0.1, 0.15) is 13.2 Å². The Morgan fingerprint density at radius 3 is 2.60 bits per heavy atom. The number of hydrogen-bond acceptors (Lipinski definition) is 3. The monoisotopic (exact) mass is 333 g/mol. The van der Waals surface area contributed by atoms with Crippen LogP contribution in [0.15, 0.2) is 40.9 Å². The van der Waals surface area contributed by atoms with Gasteiger partial charge >= 0.3 is 0 Å². The topological polar surface area (TPSA) is 44.5 Å². The second-order valence-electron chi connectivity index (χ2n) is 4.91. The highest BCUT2D eigenvalue weighted by Gasteiger charge is 2.17. The molecule has 1 aliphatic heterocycles. The summed E-state index contributed by atoms with van der Waals surface area (Å²) in [6.07, 6.45) is 0. The van der Waals surface area contributed by atoms with Crippen LogP contribution in [0.4, 0.5) is 0 Å². The average molecular weight is 334 g/mol. The van der Waals surface area contributed by atoms with Gasteiger partial charge in [-0.05, 0) is 36.2 Å². The normalized spacial score (nSPS) is 14.9. The molecule has 0 saturated carbocycles. The van der Waals surface area contributed by atoms with Gasteiger partial charge in [-0.25, -0.2) is 0 Å². The van der Waals surface area contributed by atoms with E-state index in [0.29, 0.717) is 13.2 Å². The molecule has 3 rings (SSSR count). The van der Waals surface area contributed by atoms with E-state index >= 15 is 0 Å². The van der Waals surface area contributed by atoms with Crippen molar-refractivity contribution in [2.75, 3.05) is 13.2 Å². The summed E-state index contributed by atoms with van der Waals surface area (Å²) in [5.74, 6) is 1.56. The Morgan fingerprint density at radius 2 is 1.80 bits per heavy atom. The first-order valence-electron chi connectivity index (χ1n) is 6.56. The Morgan fingerprint density at radius 1 is 1.05 bits per heavy atom. The van der Waals surface area contributed by atoms with Gasteiger partial charge in [-0.3, -0.25) is 0 Å². The average Bonchev–Trinajstić information content (AvgIpc) is 2.48. The van der Waals surface area contributed by atoms with Crippen molar-refractivity contribution in [3.05, 3.63) is 57.6 Å². The van der Waals surface area contributed by atoms with Crippen molar-refractivity contribution in [1.82, 2.24) is 0 Å². The SMILES string of the molecule is Cc1ccc(Br)c(C(N)c2ccc3c(c2)OCCO3)c1. The van der Waals surface area contributed by atoms with Gasteiger partial charge in [-0.2, -0.15) is 0 Å². The summed E-state index contributed by atoms with van der Waals surface area (Å²) in [5.41, 5.74) is 9.67. The van der Waals surface area contributed by atoms with E-state index in [4.69, 9.17) is 15.2 Å². The maximum Gasteiger partial charge on any atom is 0.161 e. The fraction of sp³-hybridized carbons (Fsp3) is 0.250. The summed E-state index contributed by atoms with van der Waals surface area (Å²) < 4.78 is 12.2. The van der Waals surface area contributed by atoms with Crippen LogP contribution in [0.1, 0.15) is 22.7 Å². The van der Waals surface area contributed by atoms with Crippen LogP contribution in [0.2, 0.25) is 0 Å². The molecule has 1 unspecified atom stereocenters. The predicted molar refractivity (Wildman–Crippen MR) is 82.3 cm³/mol. The van der Waals surface area contributed by atoms with Gasteiger partial charge in [-0.1, -0.05) is 39.7 Å². The van der Waals surface area contributed by atoms with Crippen LogP contribution in [0.5, 0.6) is 11.5 Å². The van der Waals surface area contributed by atoms with Gasteiger partial charge < -0.3 is 15.2 Å². The quantitative estimate of drug-likeness (QED) is 0.913. The van der Waals surface area contributed by atoms with E-state index in [9.17, 15) is 0 Å². The molecule has 1 aliphatic rings. The minimum absolute atomic E-state index is 0.194. The van der Waals surface area contributed by atoms with E-state index in [2.05, 4.69) is 35.0 Å². The molecule has 1 heterocycles. The third kappa shape index (κ3) is 2.53. The lowest BCUT2D eigenvalue weighted by Gasteiger charge is -2.21. The van der Waals surface area contributed by atoms with Crippen molar-refractivity contribution in [2.45, 2.75) is 13.0 Å². The standard InChI is InChI=1S/C16H16BrNO2/c1-10-2-4-13(17)12(8-10)16(18)11-3-5-14-15(9-11)20-7-6-19-14/h2-5,8-9,16H,6-7,18H2,1H3. The molecule has 104 valence electrons. The molecule has 20 heavy (non-hydrogen) atoms. The van der Waals surface area contributed by atoms with Crippen LogP contribution in [0, 0.1) is 6.92 Å². The van der Waals surface area contributed by atoms with Gasteiger partial charge in [0.25, 0.3) is 0 Å². The van der Waals surface area contributed by atoms with Crippen LogP contribution in [0.25, 0.3) is 0 Å². The zero-order valence-electron chi connectivity index (χ0n) is 11.2. The molecule has 0 bridgehead atoms. The lowest BCUT2D eigenvalue weighted by atomic mass is 9.98. The van der Waals surface area contributed by atoms with Crippen molar-refractivity contribution >= 4 is 15.9 Å². The minimum atomic E-state index is -0.194. The van der Waals surface area contributed by atoms with E-state index in [1.807, 2.05) is 24.3 Å². The molecule has 0 spiro atoms. The zero-order valence-corrected chi connectivity index (χ0v) is 12.8. The number of nitrogens with two attached hydrogens (primary N) is 1. The fourth-order valence-electron chi connectivity index (χ4n) is 2.33. The molecule has 0 radical (unpaired) electrons. The number of aryl methyl sites for hydroxylation is 1. The molecule has 0 aromatic heterocycles. The second kappa shape index (κ2) is 5.46. The summed E-state index contributed by atoms with van der Waals surface area (Å²) in [5, 5.41) is 0. The molecule has 1 atom stereocenters. The van der Waals surface area contributed by atoms with Crippen LogP contribution in [-0.4, -0.2) is 13.2 Å². The molecular weight excluding hydrogens is 318 g/mol. The van der Waals surface area contributed by atoms with Crippen molar-refractivity contribution in [2.24, 2.45) is 5.73 Å². The van der Waals surface area contributed by atoms with Crippen molar-refractivity contribution in [1.29, 1.82) is 0 Å². The number of benzene rings is 2. The maximum absolute atomic E-state index is 6.39. The van der Waals surface area contributed by atoms with Gasteiger partial charge in [0.15, 0.2) is 11.5 Å². The Balaban J connectivity index is 1.97. The van der Waals surface area contributed by atoms with Crippen molar-refractivity contribution in [3.63, 3.8) is 0 Å². The summed E-state index contributed by atoms with van der Waals surface area (Å²) in [6.45, 7) is 3.24. The Bertz CT molecular complexity index is 642. The fourth-order valence-corrected chi connectivity index (χ4v) is 2.83. The molecule has 0 saturated heterocycles. The lowest BCUT2D eigenvalue weighted by Crippen LogP contribution is -2.17. The number of ether oxygens (including phenoxy) is 2. The van der Waals surface area contributed by atoms with Crippen molar-refractivity contribution < 1.29 is 9.47 Å². The molecule has 4 heteroatoms. The minimum Gasteiger partial charge on any atom is -0.486 e. The van der Waals surface area contributed by atoms with E-state index < -0.39 is 0 Å². The van der Waals surface area contributed by atoms with Crippen LogP contribution >= 0.6 is 15.9 Å². The Kier molecular flexibility index (Phi) is 3.68. The van der Waals surface area contributed by atoms with E-state index in [-0.39, 0.29) is 6.04 Å². The lowest BCUT2D eigenvalue weighted by molar-refractivity contribution is 0.171. The number of fused-ring (bicyclic) bond motifs is 1. The molecule has 0 aliphatic carbocycles. The van der Waals surface area contributed by atoms with E-state index in [1.165, 1.54) is 5.56 Å². The van der Waals surface area contributed by atoms with Gasteiger partial charge in [0.2, 0.25) is 0 Å².